The normalized spacial score (nSPS) is 10.0. The molecule has 0 atom stereocenters. The van der Waals surface area contributed by atoms with Crippen molar-refractivity contribution in [2.45, 2.75) is 13.5 Å². The van der Waals surface area contributed by atoms with E-state index in [2.05, 4.69) is 30.8 Å². The zero-order chi connectivity index (χ0) is 13.5. The molecule has 2 N–H and O–H groups in total. The van der Waals surface area contributed by atoms with Crippen LogP contribution in [0.2, 0.25) is 0 Å². The van der Waals surface area contributed by atoms with Gasteiger partial charge in [-0.2, -0.15) is 10.2 Å². The summed E-state index contributed by atoms with van der Waals surface area (Å²) in [6.07, 6.45) is 3.12. The van der Waals surface area contributed by atoms with Crippen molar-refractivity contribution in [1.82, 2.24) is 20.2 Å². The monoisotopic (exact) mass is 260 g/mol. The Kier molecular flexibility index (Phi) is 4.44. The third kappa shape index (κ3) is 3.27. The third-order valence-electron chi connectivity index (χ3n) is 2.42. The van der Waals surface area contributed by atoms with Crippen molar-refractivity contribution >= 4 is 11.6 Å². The summed E-state index contributed by atoms with van der Waals surface area (Å²) in [4.78, 5) is 8.31. The van der Waals surface area contributed by atoms with Crippen LogP contribution in [0.4, 0.5) is 11.6 Å². The van der Waals surface area contributed by atoms with Crippen LogP contribution in [0.25, 0.3) is 0 Å². The molecule has 0 amide bonds. The van der Waals surface area contributed by atoms with Crippen molar-refractivity contribution in [2.24, 2.45) is 0 Å². The second-order valence-electron chi connectivity index (χ2n) is 3.70. The molecule has 2 aromatic rings. The number of nitrogens with one attached hydrogen (secondary N) is 2. The molecule has 0 fully saturated rings. The molecule has 0 aliphatic rings. The van der Waals surface area contributed by atoms with Crippen LogP contribution in [0.15, 0.2) is 24.7 Å². The highest BCUT2D eigenvalue weighted by molar-refractivity contribution is 5.63. The molecule has 0 aromatic carbocycles. The molecule has 0 saturated heterocycles. The predicted octanol–water partition coefficient (Wildman–Crippen LogP) is 1.32. The van der Waals surface area contributed by atoms with Crippen molar-refractivity contribution < 1.29 is 4.74 Å². The van der Waals surface area contributed by atoms with E-state index in [4.69, 9.17) is 4.74 Å². The van der Waals surface area contributed by atoms with Gasteiger partial charge in [0.2, 0.25) is 5.75 Å². The van der Waals surface area contributed by atoms with E-state index >= 15 is 0 Å². The molecular weight excluding hydrogens is 244 g/mol. The lowest BCUT2D eigenvalue weighted by molar-refractivity contribution is 0.414. The zero-order valence-electron chi connectivity index (χ0n) is 10.9. The number of nitrogens with zero attached hydrogens (tertiary/aromatic N) is 4. The Morgan fingerprint density at radius 3 is 2.63 bits per heavy atom. The van der Waals surface area contributed by atoms with Crippen LogP contribution >= 0.6 is 0 Å². The molecule has 0 saturated carbocycles. The Labute approximate surface area is 111 Å². The molecule has 0 bridgehead atoms. The summed E-state index contributed by atoms with van der Waals surface area (Å²) in [6.45, 7) is 3.28. The topological polar surface area (TPSA) is 84.9 Å². The van der Waals surface area contributed by atoms with Gasteiger partial charge in [-0.1, -0.05) is 0 Å². The third-order valence-corrected chi connectivity index (χ3v) is 2.42. The SMILES string of the molecule is CCNc1ncnc(NCc2cccnn2)c1OC. The van der Waals surface area contributed by atoms with Gasteiger partial charge < -0.3 is 15.4 Å². The average molecular weight is 260 g/mol. The maximum absolute atomic E-state index is 5.33. The van der Waals surface area contributed by atoms with Crippen molar-refractivity contribution in [3.63, 3.8) is 0 Å². The summed E-state index contributed by atoms with van der Waals surface area (Å²) in [7, 11) is 1.59. The van der Waals surface area contributed by atoms with Gasteiger partial charge >= 0.3 is 0 Å². The lowest BCUT2D eigenvalue weighted by Crippen LogP contribution is -2.09. The van der Waals surface area contributed by atoms with Gasteiger partial charge in [-0.3, -0.25) is 0 Å². The van der Waals surface area contributed by atoms with E-state index in [1.807, 2.05) is 19.1 Å². The van der Waals surface area contributed by atoms with Gasteiger partial charge in [0.1, 0.15) is 6.33 Å². The van der Waals surface area contributed by atoms with Crippen molar-refractivity contribution in [3.8, 4) is 5.75 Å². The van der Waals surface area contributed by atoms with Gasteiger partial charge in [-0.25, -0.2) is 9.97 Å². The first-order valence-electron chi connectivity index (χ1n) is 5.98. The number of ether oxygens (including phenoxy) is 1. The minimum absolute atomic E-state index is 0.521. The smallest absolute Gasteiger partial charge is 0.204 e. The number of methoxy groups -OCH3 is 1. The molecule has 100 valence electrons. The van der Waals surface area contributed by atoms with Crippen LogP contribution < -0.4 is 15.4 Å². The lowest BCUT2D eigenvalue weighted by Gasteiger charge is -2.13. The number of rotatable bonds is 6. The Hall–Kier alpha value is -2.44. The Balaban J connectivity index is 2.13. The highest BCUT2D eigenvalue weighted by Crippen LogP contribution is 2.28. The second-order valence-corrected chi connectivity index (χ2v) is 3.70. The van der Waals surface area contributed by atoms with Crippen LogP contribution in [-0.2, 0) is 6.54 Å². The quantitative estimate of drug-likeness (QED) is 0.810. The van der Waals surface area contributed by atoms with Crippen LogP contribution in [0, 0.1) is 0 Å². The fourth-order valence-corrected chi connectivity index (χ4v) is 1.59. The van der Waals surface area contributed by atoms with E-state index in [1.165, 1.54) is 6.33 Å². The molecule has 2 aromatic heterocycles. The fraction of sp³-hybridized carbons (Fsp3) is 0.333. The summed E-state index contributed by atoms with van der Waals surface area (Å²) < 4.78 is 5.33. The summed E-state index contributed by atoms with van der Waals surface area (Å²) in [5.41, 5.74) is 0.827. The van der Waals surface area contributed by atoms with Gasteiger partial charge in [-0.15, -0.1) is 0 Å². The standard InChI is InChI=1S/C12H16N6O/c1-3-13-11-10(19-2)12(16-8-15-11)14-7-9-5-4-6-17-18-9/h4-6,8H,3,7H2,1-2H3,(H2,13,14,15,16). The summed E-state index contributed by atoms with van der Waals surface area (Å²) >= 11 is 0. The Bertz CT molecular complexity index is 519. The van der Waals surface area contributed by atoms with Crippen LogP contribution in [0.3, 0.4) is 0 Å². The number of hydrogen-bond acceptors (Lipinski definition) is 7. The zero-order valence-corrected chi connectivity index (χ0v) is 10.9. The van der Waals surface area contributed by atoms with E-state index in [0.717, 1.165) is 12.2 Å². The first kappa shape index (κ1) is 13.0. The number of hydrogen-bond donors (Lipinski definition) is 2. The highest BCUT2D eigenvalue weighted by Gasteiger charge is 2.11. The maximum atomic E-state index is 5.33. The molecule has 0 spiro atoms. The van der Waals surface area contributed by atoms with E-state index in [1.54, 1.807) is 13.3 Å². The predicted molar refractivity (Wildman–Crippen MR) is 72.1 cm³/mol. The van der Waals surface area contributed by atoms with Gasteiger partial charge in [0.15, 0.2) is 11.6 Å². The fourth-order valence-electron chi connectivity index (χ4n) is 1.59. The maximum Gasteiger partial charge on any atom is 0.204 e. The lowest BCUT2D eigenvalue weighted by atomic mass is 10.3. The molecule has 19 heavy (non-hydrogen) atoms. The van der Waals surface area contributed by atoms with Crippen LogP contribution in [0.5, 0.6) is 5.75 Å². The number of anilines is 2. The minimum atomic E-state index is 0.521. The molecule has 0 unspecified atom stereocenters. The van der Waals surface area contributed by atoms with Gasteiger partial charge in [-0.05, 0) is 19.1 Å². The first-order valence-corrected chi connectivity index (χ1v) is 5.98. The van der Waals surface area contributed by atoms with E-state index in [-0.39, 0.29) is 0 Å². The van der Waals surface area contributed by atoms with E-state index in [0.29, 0.717) is 23.9 Å². The summed E-state index contributed by atoms with van der Waals surface area (Å²) in [5, 5.41) is 14.1. The Morgan fingerprint density at radius 2 is 2.00 bits per heavy atom. The first-order chi connectivity index (χ1) is 9.35. The summed E-state index contributed by atoms with van der Waals surface area (Å²) in [5.74, 6) is 1.88. The molecule has 0 aliphatic carbocycles. The molecule has 0 aliphatic heterocycles. The second kappa shape index (κ2) is 6.48. The molecule has 2 heterocycles. The largest absolute Gasteiger partial charge is 0.490 e. The molecule has 0 radical (unpaired) electrons. The molecule has 7 heteroatoms. The van der Waals surface area contributed by atoms with Gasteiger partial charge in [0, 0.05) is 12.7 Å². The average Bonchev–Trinajstić information content (AvgIpc) is 2.46. The van der Waals surface area contributed by atoms with Crippen molar-refractivity contribution in [1.29, 1.82) is 0 Å². The molecular formula is C12H16N6O. The van der Waals surface area contributed by atoms with Crippen LogP contribution in [-0.4, -0.2) is 33.8 Å². The van der Waals surface area contributed by atoms with Crippen LogP contribution in [0.1, 0.15) is 12.6 Å². The summed E-state index contributed by atoms with van der Waals surface area (Å²) in [6, 6.07) is 3.73. The van der Waals surface area contributed by atoms with E-state index < -0.39 is 0 Å². The highest BCUT2D eigenvalue weighted by atomic mass is 16.5. The van der Waals surface area contributed by atoms with Crippen molar-refractivity contribution in [3.05, 3.63) is 30.4 Å². The van der Waals surface area contributed by atoms with Crippen molar-refractivity contribution in [2.75, 3.05) is 24.3 Å². The van der Waals surface area contributed by atoms with E-state index in [9.17, 15) is 0 Å². The number of aromatic nitrogens is 4. The molecule has 2 rings (SSSR count). The van der Waals surface area contributed by atoms with Gasteiger partial charge in [0.05, 0.1) is 19.3 Å². The van der Waals surface area contributed by atoms with Gasteiger partial charge in [0.25, 0.3) is 0 Å². The molecule has 7 nitrogen and oxygen atoms in total. The Morgan fingerprint density at radius 1 is 1.21 bits per heavy atom. The minimum Gasteiger partial charge on any atom is -0.490 e.